The van der Waals surface area contributed by atoms with Gasteiger partial charge in [-0.05, 0) is 78.0 Å². The van der Waals surface area contributed by atoms with Gasteiger partial charge in [0.1, 0.15) is 35.6 Å². The molecule has 2 fully saturated rings. The minimum absolute atomic E-state index is 0.0420. The normalized spacial score (nSPS) is 19.2. The van der Waals surface area contributed by atoms with E-state index in [1.807, 2.05) is 6.92 Å². The average Bonchev–Trinajstić information content (AvgIpc) is 3.71. The highest BCUT2D eigenvalue weighted by Crippen LogP contribution is 2.29. The van der Waals surface area contributed by atoms with Crippen LogP contribution in [0.15, 0.2) is 29.8 Å². The third kappa shape index (κ3) is 11.7. The summed E-state index contributed by atoms with van der Waals surface area (Å²) in [6.07, 6.45) is 0.168. The van der Waals surface area contributed by atoms with Crippen LogP contribution in [0.3, 0.4) is 0 Å². The number of ether oxygens (including phenoxy) is 2. The molecule has 1 aromatic rings. The molecule has 4 rings (SSSR count). The second-order valence-electron chi connectivity index (χ2n) is 15.3. The Hall–Kier alpha value is -4.54. The zero-order valence-electron chi connectivity index (χ0n) is 31.7. The van der Waals surface area contributed by atoms with Gasteiger partial charge in [-0.15, -0.1) is 0 Å². The molecule has 0 aromatic heterocycles. The molecule has 54 heavy (non-hydrogen) atoms. The Morgan fingerprint density at radius 1 is 1.02 bits per heavy atom. The van der Waals surface area contributed by atoms with E-state index < -0.39 is 80.8 Å². The van der Waals surface area contributed by atoms with Crippen molar-refractivity contribution in [1.29, 1.82) is 0 Å². The standard InChI is InChI=1S/C37H52FN5O10S/c1-7-8-12-29(32(45)41-54(50,51)26-14-15-26)39-33(46)31-18-25(52-36(49)42-19-23-10-9-11-28(38)27(23)21-42)20-43(31)34(47)30(16-13-24(44)17-22(2)3)40-35(48)53-37(4,5)6/h9-11,17,25-26,29-31H,7-8,12-16,18-21H2,1-6H3,(H,39,46)(H,40,48)(H,41,45). The Bertz CT molecular complexity index is 1750. The van der Waals surface area contributed by atoms with E-state index in [1.165, 1.54) is 23.1 Å². The number of likely N-dealkylation sites (tertiary alicyclic amines) is 1. The van der Waals surface area contributed by atoms with Crippen LogP contribution >= 0.6 is 0 Å². The van der Waals surface area contributed by atoms with E-state index in [0.717, 1.165) is 10.5 Å². The van der Waals surface area contributed by atoms with E-state index in [9.17, 15) is 41.6 Å². The molecule has 298 valence electrons. The van der Waals surface area contributed by atoms with Gasteiger partial charge < -0.3 is 25.0 Å². The van der Waals surface area contributed by atoms with Gasteiger partial charge >= 0.3 is 12.2 Å². The highest BCUT2D eigenvalue weighted by atomic mass is 32.2. The number of halogens is 1. The van der Waals surface area contributed by atoms with E-state index in [4.69, 9.17) is 9.47 Å². The van der Waals surface area contributed by atoms with Crippen molar-refractivity contribution in [2.45, 2.75) is 141 Å². The molecule has 3 aliphatic rings. The van der Waals surface area contributed by atoms with Crippen LogP contribution in [0, 0.1) is 5.82 Å². The quantitative estimate of drug-likeness (QED) is 0.221. The number of carbonyl (C=O) groups excluding carboxylic acids is 6. The summed E-state index contributed by atoms with van der Waals surface area (Å²) in [5.74, 6) is -3.25. The maximum absolute atomic E-state index is 14.4. The summed E-state index contributed by atoms with van der Waals surface area (Å²) in [4.78, 5) is 82.9. The minimum Gasteiger partial charge on any atom is -0.444 e. The second-order valence-corrected chi connectivity index (χ2v) is 17.3. The van der Waals surface area contributed by atoms with Crippen molar-refractivity contribution in [1.82, 2.24) is 25.2 Å². The Morgan fingerprint density at radius 3 is 2.33 bits per heavy atom. The largest absolute Gasteiger partial charge is 0.444 e. The number of hydrogen-bond acceptors (Lipinski definition) is 10. The van der Waals surface area contributed by atoms with Gasteiger partial charge in [-0.25, -0.2) is 22.4 Å². The number of sulfonamides is 1. The SMILES string of the molecule is CCCCC(NC(=O)C1CC(OC(=O)N2Cc3cccc(F)c3C2)CN1C(=O)C(CCC(=O)C=C(C)C)NC(=O)OC(C)(C)C)C(=O)NS(=O)(=O)C1CC1. The van der Waals surface area contributed by atoms with Crippen molar-refractivity contribution in [2.75, 3.05) is 6.54 Å². The predicted molar refractivity (Wildman–Crippen MR) is 194 cm³/mol. The van der Waals surface area contributed by atoms with Crippen LogP contribution in [-0.4, -0.2) is 95.5 Å². The van der Waals surface area contributed by atoms with E-state index >= 15 is 0 Å². The lowest BCUT2D eigenvalue weighted by Gasteiger charge is -2.30. The van der Waals surface area contributed by atoms with Gasteiger partial charge in [0.05, 0.1) is 18.3 Å². The molecule has 15 nitrogen and oxygen atoms in total. The molecule has 4 unspecified atom stereocenters. The van der Waals surface area contributed by atoms with Crippen molar-refractivity contribution in [3.63, 3.8) is 0 Å². The van der Waals surface area contributed by atoms with Crippen LogP contribution in [0.1, 0.15) is 104 Å². The lowest BCUT2D eigenvalue weighted by molar-refractivity contribution is -0.141. The van der Waals surface area contributed by atoms with Crippen molar-refractivity contribution < 1.29 is 51.0 Å². The van der Waals surface area contributed by atoms with Crippen LogP contribution in [0.2, 0.25) is 0 Å². The van der Waals surface area contributed by atoms with Gasteiger partial charge in [-0.2, -0.15) is 0 Å². The number of benzene rings is 1. The number of ketones is 1. The van der Waals surface area contributed by atoms with Crippen LogP contribution in [0.25, 0.3) is 0 Å². The average molecular weight is 778 g/mol. The summed E-state index contributed by atoms with van der Waals surface area (Å²) in [6, 6.07) is 0.581. The van der Waals surface area contributed by atoms with Gasteiger partial charge in [0.25, 0.3) is 5.91 Å². The molecule has 0 bridgehead atoms. The monoisotopic (exact) mass is 777 g/mol. The van der Waals surface area contributed by atoms with E-state index in [1.54, 1.807) is 40.7 Å². The molecule has 17 heteroatoms. The Balaban J connectivity index is 1.59. The van der Waals surface area contributed by atoms with Crippen LogP contribution in [0.5, 0.6) is 0 Å². The van der Waals surface area contributed by atoms with E-state index in [2.05, 4.69) is 15.4 Å². The zero-order chi connectivity index (χ0) is 40.0. The number of amides is 5. The number of unbranched alkanes of at least 4 members (excludes halogenated alkanes) is 1. The summed E-state index contributed by atoms with van der Waals surface area (Å²) in [5, 5.41) is 4.46. The van der Waals surface area contributed by atoms with Crippen LogP contribution < -0.4 is 15.4 Å². The smallest absolute Gasteiger partial charge is 0.410 e. The number of rotatable bonds is 15. The fourth-order valence-electron chi connectivity index (χ4n) is 6.31. The van der Waals surface area contributed by atoms with Crippen molar-refractivity contribution in [3.8, 4) is 0 Å². The lowest BCUT2D eigenvalue weighted by Crippen LogP contribution is -2.57. The van der Waals surface area contributed by atoms with Gasteiger partial charge in [-0.1, -0.05) is 37.5 Å². The zero-order valence-corrected chi connectivity index (χ0v) is 32.6. The van der Waals surface area contributed by atoms with Crippen molar-refractivity contribution in [2.24, 2.45) is 0 Å². The van der Waals surface area contributed by atoms with Crippen molar-refractivity contribution >= 4 is 45.7 Å². The first-order chi connectivity index (χ1) is 25.3. The number of alkyl carbamates (subject to hydrolysis) is 1. The minimum atomic E-state index is -3.93. The fourth-order valence-corrected chi connectivity index (χ4v) is 7.65. The topological polar surface area (TPSA) is 198 Å². The maximum Gasteiger partial charge on any atom is 0.410 e. The molecule has 0 radical (unpaired) electrons. The van der Waals surface area contributed by atoms with Gasteiger partial charge in [0.2, 0.25) is 21.8 Å². The third-order valence-electron chi connectivity index (χ3n) is 9.10. The van der Waals surface area contributed by atoms with Gasteiger partial charge in [0.15, 0.2) is 5.78 Å². The number of carbonyl (C=O) groups is 6. The molecule has 2 heterocycles. The molecule has 1 aromatic carbocycles. The number of hydrogen-bond donors (Lipinski definition) is 3. The first-order valence-corrected chi connectivity index (χ1v) is 19.9. The van der Waals surface area contributed by atoms with Crippen molar-refractivity contribution in [3.05, 3.63) is 46.8 Å². The predicted octanol–water partition coefficient (Wildman–Crippen LogP) is 3.74. The van der Waals surface area contributed by atoms with E-state index in [0.29, 0.717) is 36.8 Å². The van der Waals surface area contributed by atoms with E-state index in [-0.39, 0.29) is 51.1 Å². The first-order valence-electron chi connectivity index (χ1n) is 18.3. The Labute approximate surface area is 315 Å². The molecule has 2 aliphatic heterocycles. The molecule has 5 amide bonds. The number of allylic oxidation sites excluding steroid dienone is 2. The van der Waals surface area contributed by atoms with Crippen LogP contribution in [0.4, 0.5) is 14.0 Å². The lowest BCUT2D eigenvalue weighted by atomic mass is 10.0. The van der Waals surface area contributed by atoms with Gasteiger partial charge in [0, 0.05) is 24.9 Å². The number of fused-ring (bicyclic) bond motifs is 1. The number of nitrogens with one attached hydrogen (secondary N) is 3. The maximum atomic E-state index is 14.4. The summed E-state index contributed by atoms with van der Waals surface area (Å²) < 4.78 is 52.8. The molecule has 1 saturated carbocycles. The number of nitrogens with zero attached hydrogens (tertiary/aromatic N) is 2. The van der Waals surface area contributed by atoms with Crippen LogP contribution in [-0.2, 0) is 51.8 Å². The Kier molecular flexibility index (Phi) is 13.9. The second kappa shape index (κ2) is 17.7. The highest BCUT2D eigenvalue weighted by molar-refractivity contribution is 7.90. The molecule has 3 N–H and O–H groups in total. The first kappa shape index (κ1) is 42.2. The molecular formula is C37H52FN5O10S. The molecule has 0 spiro atoms. The van der Waals surface area contributed by atoms with Gasteiger partial charge in [-0.3, -0.25) is 28.8 Å². The molecule has 1 aliphatic carbocycles. The Morgan fingerprint density at radius 2 is 1.72 bits per heavy atom. The summed E-state index contributed by atoms with van der Waals surface area (Å²) in [5.41, 5.74) is 0.781. The molecular weight excluding hydrogens is 725 g/mol. The summed E-state index contributed by atoms with van der Waals surface area (Å²) >= 11 is 0. The summed E-state index contributed by atoms with van der Waals surface area (Å²) in [6.45, 7) is 9.99. The highest BCUT2D eigenvalue weighted by Gasteiger charge is 2.46. The fraction of sp³-hybridized carbons (Fsp3) is 0.622. The molecule has 4 atom stereocenters. The summed E-state index contributed by atoms with van der Waals surface area (Å²) in [7, 11) is -3.93. The molecule has 1 saturated heterocycles. The third-order valence-corrected chi connectivity index (χ3v) is 10.9.